The second kappa shape index (κ2) is 9.79. The topological polar surface area (TPSA) is 3.24 Å². The van der Waals surface area contributed by atoms with E-state index in [1.807, 2.05) is 0 Å². The zero-order valence-corrected chi connectivity index (χ0v) is 18.3. The van der Waals surface area contributed by atoms with Gasteiger partial charge in [-0.25, -0.2) is 0 Å². The molecule has 1 saturated heterocycles. The van der Waals surface area contributed by atoms with Crippen molar-refractivity contribution >= 4 is 0 Å². The van der Waals surface area contributed by atoms with E-state index in [2.05, 4.69) is 0 Å². The van der Waals surface area contributed by atoms with E-state index in [1.54, 1.807) is 11.8 Å². The van der Waals surface area contributed by atoms with Crippen molar-refractivity contribution in [1.82, 2.24) is 4.90 Å². The number of rotatable bonds is 5. The monoisotopic (exact) mass is 497 g/mol. The molecule has 1 aliphatic heterocycles. The number of benzene rings is 2. The summed E-state index contributed by atoms with van der Waals surface area (Å²) in [6.45, 7) is 2.05. The van der Waals surface area contributed by atoms with E-state index >= 15 is 0 Å². The summed E-state index contributed by atoms with van der Waals surface area (Å²) in [6, 6.07) is 4.42. The Labute approximate surface area is 191 Å². The number of nitrogens with zero attached hydrogens (tertiary/aromatic N) is 1. The Balaban J connectivity index is 2.09. The Kier molecular flexibility index (Phi) is 7.60. The average molecular weight is 497 g/mol. The van der Waals surface area contributed by atoms with Crippen LogP contribution in [0.15, 0.2) is 42.5 Å². The Morgan fingerprint density at radius 3 is 1.91 bits per heavy atom. The first-order valence-corrected chi connectivity index (χ1v) is 10.9. The largest absolute Gasteiger partial charge is 0.416 e. The van der Waals surface area contributed by atoms with Crippen LogP contribution in [0.2, 0.25) is 0 Å². The Morgan fingerprint density at radius 2 is 1.38 bits per heavy atom. The van der Waals surface area contributed by atoms with Crippen LogP contribution in [0.3, 0.4) is 0 Å². The van der Waals surface area contributed by atoms with Gasteiger partial charge in [0.1, 0.15) is 0 Å². The number of halogens is 9. The van der Waals surface area contributed by atoms with Gasteiger partial charge in [0.15, 0.2) is 0 Å². The minimum atomic E-state index is -4.86. The number of alkyl halides is 9. The zero-order valence-electron chi connectivity index (χ0n) is 18.3. The second-order valence-electron chi connectivity index (χ2n) is 8.47. The van der Waals surface area contributed by atoms with Crippen molar-refractivity contribution in [1.29, 1.82) is 0 Å². The minimum Gasteiger partial charge on any atom is -0.289 e. The molecule has 0 amide bonds. The van der Waals surface area contributed by atoms with Crippen molar-refractivity contribution in [2.75, 3.05) is 6.54 Å². The summed E-state index contributed by atoms with van der Waals surface area (Å²) in [5.74, 6) is 0. The SMILES string of the molecule is CCCC(c1cc(C(F)(F)F)ccc1C(F)(F)F)N1CCCCC1c1ccc(C(F)(F)F)cc1. The first-order chi connectivity index (χ1) is 15.7. The molecule has 2 unspecified atom stereocenters. The number of likely N-dealkylation sites (tertiary alicyclic amines) is 1. The van der Waals surface area contributed by atoms with Crippen LogP contribution in [0.25, 0.3) is 0 Å². The summed E-state index contributed by atoms with van der Waals surface area (Å²) < 4.78 is 120. The molecule has 0 aromatic heterocycles. The number of piperidine rings is 1. The van der Waals surface area contributed by atoms with Gasteiger partial charge in [0.25, 0.3) is 0 Å². The summed E-state index contributed by atoms with van der Waals surface area (Å²) in [4.78, 5) is 1.72. The van der Waals surface area contributed by atoms with Crippen LogP contribution < -0.4 is 0 Å². The summed E-state index contributed by atoms with van der Waals surface area (Å²) >= 11 is 0. The van der Waals surface area contributed by atoms with E-state index in [0.717, 1.165) is 12.1 Å². The van der Waals surface area contributed by atoms with Crippen molar-refractivity contribution in [3.8, 4) is 0 Å². The van der Waals surface area contributed by atoms with E-state index in [9.17, 15) is 39.5 Å². The Morgan fingerprint density at radius 1 is 0.794 bits per heavy atom. The maximum Gasteiger partial charge on any atom is 0.416 e. The van der Waals surface area contributed by atoms with Crippen molar-refractivity contribution in [3.05, 3.63) is 70.3 Å². The van der Waals surface area contributed by atoms with Crippen LogP contribution in [0.1, 0.15) is 78.9 Å². The van der Waals surface area contributed by atoms with Crippen molar-refractivity contribution in [2.24, 2.45) is 0 Å². The lowest BCUT2D eigenvalue weighted by Gasteiger charge is -2.42. The molecule has 0 spiro atoms. The molecule has 34 heavy (non-hydrogen) atoms. The molecule has 2 aromatic carbocycles. The highest BCUT2D eigenvalue weighted by Crippen LogP contribution is 2.45. The summed E-state index contributed by atoms with van der Waals surface area (Å²) in [5, 5.41) is 0. The van der Waals surface area contributed by atoms with E-state index in [4.69, 9.17) is 0 Å². The molecule has 10 heteroatoms. The van der Waals surface area contributed by atoms with Gasteiger partial charge in [0, 0.05) is 12.1 Å². The molecule has 1 heterocycles. The molecule has 3 rings (SSSR count). The number of hydrogen-bond acceptors (Lipinski definition) is 1. The average Bonchev–Trinajstić information content (AvgIpc) is 2.75. The van der Waals surface area contributed by atoms with Crippen LogP contribution in [0.5, 0.6) is 0 Å². The molecular weight excluding hydrogens is 473 g/mol. The van der Waals surface area contributed by atoms with Gasteiger partial charge in [0.05, 0.1) is 16.7 Å². The lowest BCUT2D eigenvalue weighted by atomic mass is 9.87. The highest BCUT2D eigenvalue weighted by Gasteiger charge is 2.41. The third-order valence-electron chi connectivity index (χ3n) is 6.17. The quantitative estimate of drug-likeness (QED) is 0.373. The Hall–Kier alpha value is -2.23. The van der Waals surface area contributed by atoms with Crippen LogP contribution in [0, 0.1) is 0 Å². The molecule has 0 aliphatic carbocycles. The standard InChI is InChI=1S/C24H24F9N/c1-2-5-21(18-14-17(23(28,29)30)11-12-19(18)24(31,32)33)34-13-4-3-6-20(34)15-7-9-16(10-8-15)22(25,26)27/h7-12,14,20-21H,2-6,13H2,1H3. The molecule has 0 radical (unpaired) electrons. The highest BCUT2D eigenvalue weighted by atomic mass is 19.4. The Bertz CT molecular complexity index is 958. The molecule has 0 N–H and O–H groups in total. The molecule has 0 saturated carbocycles. The maximum absolute atomic E-state index is 13.8. The van der Waals surface area contributed by atoms with Gasteiger partial charge in [-0.05, 0) is 67.3 Å². The van der Waals surface area contributed by atoms with Gasteiger partial charge in [-0.3, -0.25) is 4.90 Å². The van der Waals surface area contributed by atoms with Crippen molar-refractivity contribution < 1.29 is 39.5 Å². The fourth-order valence-corrected chi connectivity index (χ4v) is 4.63. The van der Waals surface area contributed by atoms with Gasteiger partial charge in [-0.15, -0.1) is 0 Å². The lowest BCUT2D eigenvalue weighted by Crippen LogP contribution is -2.37. The van der Waals surface area contributed by atoms with Crippen molar-refractivity contribution in [3.63, 3.8) is 0 Å². The molecule has 2 atom stereocenters. The molecule has 1 aliphatic rings. The zero-order chi connectivity index (χ0) is 25.3. The normalized spacial score (nSPS) is 19.3. The maximum atomic E-state index is 13.8. The smallest absolute Gasteiger partial charge is 0.289 e. The van der Waals surface area contributed by atoms with Gasteiger partial charge in [0.2, 0.25) is 0 Å². The molecule has 188 valence electrons. The molecule has 1 fully saturated rings. The second-order valence-corrected chi connectivity index (χ2v) is 8.47. The summed E-state index contributed by atoms with van der Waals surface area (Å²) in [7, 11) is 0. The fourth-order valence-electron chi connectivity index (χ4n) is 4.63. The van der Waals surface area contributed by atoms with Gasteiger partial charge < -0.3 is 0 Å². The first-order valence-electron chi connectivity index (χ1n) is 10.9. The fraction of sp³-hybridized carbons (Fsp3) is 0.500. The predicted octanol–water partition coefficient (Wildman–Crippen LogP) is 8.81. The molecular formula is C24H24F9N. The molecule has 1 nitrogen and oxygen atoms in total. The van der Waals surface area contributed by atoms with Gasteiger partial charge in [-0.2, -0.15) is 39.5 Å². The van der Waals surface area contributed by atoms with Gasteiger partial charge >= 0.3 is 18.5 Å². The van der Waals surface area contributed by atoms with E-state index < -0.39 is 52.9 Å². The van der Waals surface area contributed by atoms with Crippen LogP contribution in [-0.2, 0) is 18.5 Å². The van der Waals surface area contributed by atoms with E-state index in [1.165, 1.54) is 12.1 Å². The van der Waals surface area contributed by atoms with E-state index in [-0.39, 0.29) is 6.42 Å². The first kappa shape index (κ1) is 26.4. The van der Waals surface area contributed by atoms with Gasteiger partial charge in [-0.1, -0.05) is 31.9 Å². The number of hydrogen-bond donors (Lipinski definition) is 0. The third-order valence-corrected chi connectivity index (χ3v) is 6.17. The van der Waals surface area contributed by atoms with Crippen LogP contribution >= 0.6 is 0 Å². The molecule has 2 aromatic rings. The minimum absolute atomic E-state index is 0.168. The summed E-state index contributed by atoms with van der Waals surface area (Å²) in [6.07, 6.45) is -11.8. The summed E-state index contributed by atoms with van der Waals surface area (Å²) in [5.41, 5.74) is -3.10. The predicted molar refractivity (Wildman–Crippen MR) is 109 cm³/mol. The lowest BCUT2D eigenvalue weighted by molar-refractivity contribution is -0.142. The third kappa shape index (κ3) is 5.87. The van der Waals surface area contributed by atoms with E-state index in [0.29, 0.717) is 56.0 Å². The van der Waals surface area contributed by atoms with Crippen LogP contribution in [0.4, 0.5) is 39.5 Å². The van der Waals surface area contributed by atoms with Crippen molar-refractivity contribution in [2.45, 2.75) is 69.6 Å². The highest BCUT2D eigenvalue weighted by molar-refractivity contribution is 5.38. The molecule has 0 bridgehead atoms. The van der Waals surface area contributed by atoms with Crippen LogP contribution in [-0.4, -0.2) is 11.4 Å².